The molecule has 0 unspecified atom stereocenters. The van der Waals surface area contributed by atoms with Crippen LogP contribution in [0.3, 0.4) is 0 Å². The summed E-state index contributed by atoms with van der Waals surface area (Å²) >= 11 is 1.57. The fourth-order valence-electron chi connectivity index (χ4n) is 1.75. The molecule has 0 aliphatic heterocycles. The molecule has 0 saturated heterocycles. The van der Waals surface area contributed by atoms with Crippen molar-refractivity contribution in [1.29, 1.82) is 0 Å². The van der Waals surface area contributed by atoms with Crippen molar-refractivity contribution in [2.24, 2.45) is 5.10 Å². The number of carbonyl (C=O) groups excluding carboxylic acids is 1. The quantitative estimate of drug-likeness (QED) is 0.575. The third kappa shape index (κ3) is 3.45. The Balaban J connectivity index is 1.83. The number of carbonyl (C=O) groups is 1. The Kier molecular flexibility index (Phi) is 4.52. The number of H-pyrrole nitrogens is 2. The number of amides is 1. The van der Waals surface area contributed by atoms with Gasteiger partial charge in [0.15, 0.2) is 0 Å². The minimum absolute atomic E-state index is 0.173. The molecule has 0 atom stereocenters. The van der Waals surface area contributed by atoms with Gasteiger partial charge >= 0.3 is 0 Å². The Morgan fingerprint density at radius 3 is 2.85 bits per heavy atom. The van der Waals surface area contributed by atoms with Gasteiger partial charge in [-0.15, -0.1) is 11.3 Å². The standard InChI is InChI=1S/C13H16N4O2S/c1-8-5-6-20-11(8)7-14-16-12(18)4-3-10-9(2)15-17-13(10)19/h5-7H,3-4H2,1-2H3,(H,16,18)(H2,15,17,19)/b14-7-. The largest absolute Gasteiger partial charge is 0.302 e. The van der Waals surface area contributed by atoms with Crippen molar-refractivity contribution in [3.8, 4) is 0 Å². The van der Waals surface area contributed by atoms with E-state index in [2.05, 4.69) is 20.7 Å². The molecule has 2 aromatic heterocycles. The Hall–Kier alpha value is -2.15. The molecule has 0 aromatic carbocycles. The second kappa shape index (κ2) is 6.33. The van der Waals surface area contributed by atoms with E-state index in [1.165, 1.54) is 0 Å². The van der Waals surface area contributed by atoms with Gasteiger partial charge in [0.05, 0.1) is 6.21 Å². The number of thiophene rings is 1. The zero-order chi connectivity index (χ0) is 14.5. The Morgan fingerprint density at radius 2 is 2.25 bits per heavy atom. The number of nitrogens with one attached hydrogen (secondary N) is 3. The highest BCUT2D eigenvalue weighted by Crippen LogP contribution is 2.12. The molecule has 1 amide bonds. The molecule has 106 valence electrons. The summed E-state index contributed by atoms with van der Waals surface area (Å²) in [5.74, 6) is -0.213. The third-order valence-corrected chi connectivity index (χ3v) is 3.92. The van der Waals surface area contributed by atoms with Crippen molar-refractivity contribution in [1.82, 2.24) is 15.6 Å². The Bertz CT molecular complexity index is 681. The predicted molar refractivity (Wildman–Crippen MR) is 79.3 cm³/mol. The van der Waals surface area contributed by atoms with E-state index in [1.54, 1.807) is 24.5 Å². The van der Waals surface area contributed by atoms with Gasteiger partial charge in [-0.25, -0.2) is 5.43 Å². The number of hydrazone groups is 1. The Labute approximate surface area is 119 Å². The van der Waals surface area contributed by atoms with Crippen LogP contribution in [-0.2, 0) is 11.2 Å². The molecule has 0 aliphatic rings. The summed E-state index contributed by atoms with van der Waals surface area (Å²) in [6.45, 7) is 3.78. The molecule has 7 heteroatoms. The van der Waals surface area contributed by atoms with E-state index in [0.717, 1.165) is 16.1 Å². The molecule has 2 rings (SSSR count). The minimum Gasteiger partial charge on any atom is -0.302 e. The predicted octanol–water partition coefficient (Wildman–Crippen LogP) is 1.46. The van der Waals surface area contributed by atoms with Crippen LogP contribution in [0.5, 0.6) is 0 Å². The molecule has 0 bridgehead atoms. The highest BCUT2D eigenvalue weighted by atomic mass is 32.1. The monoisotopic (exact) mass is 292 g/mol. The van der Waals surface area contributed by atoms with Crippen molar-refractivity contribution in [3.63, 3.8) is 0 Å². The number of hydrogen-bond donors (Lipinski definition) is 3. The van der Waals surface area contributed by atoms with E-state index in [4.69, 9.17) is 0 Å². The number of nitrogens with zero attached hydrogens (tertiary/aromatic N) is 1. The first-order chi connectivity index (χ1) is 9.58. The van der Waals surface area contributed by atoms with Crippen LogP contribution < -0.4 is 11.0 Å². The first kappa shape index (κ1) is 14.3. The topological polar surface area (TPSA) is 90.1 Å². The first-order valence-corrected chi connectivity index (χ1v) is 7.08. The molecule has 2 heterocycles. The maximum absolute atomic E-state index is 11.6. The van der Waals surface area contributed by atoms with E-state index in [9.17, 15) is 9.59 Å². The van der Waals surface area contributed by atoms with Crippen molar-refractivity contribution >= 4 is 23.5 Å². The van der Waals surface area contributed by atoms with Gasteiger partial charge in [0, 0.05) is 22.6 Å². The van der Waals surface area contributed by atoms with Crippen LogP contribution in [0.25, 0.3) is 0 Å². The van der Waals surface area contributed by atoms with E-state index >= 15 is 0 Å². The zero-order valence-corrected chi connectivity index (χ0v) is 12.1. The number of hydrogen-bond acceptors (Lipinski definition) is 4. The second-order valence-corrected chi connectivity index (χ2v) is 5.39. The average Bonchev–Trinajstić information content (AvgIpc) is 2.95. The third-order valence-electron chi connectivity index (χ3n) is 2.97. The zero-order valence-electron chi connectivity index (χ0n) is 11.3. The van der Waals surface area contributed by atoms with E-state index < -0.39 is 0 Å². The summed E-state index contributed by atoms with van der Waals surface area (Å²) in [5.41, 5.74) is 4.79. The lowest BCUT2D eigenvalue weighted by Crippen LogP contribution is -2.19. The number of aromatic nitrogens is 2. The van der Waals surface area contributed by atoms with Crippen molar-refractivity contribution in [2.75, 3.05) is 0 Å². The number of rotatable bonds is 5. The summed E-state index contributed by atoms with van der Waals surface area (Å²) in [7, 11) is 0. The summed E-state index contributed by atoms with van der Waals surface area (Å²) in [5, 5.41) is 11.1. The highest BCUT2D eigenvalue weighted by molar-refractivity contribution is 7.11. The molecule has 20 heavy (non-hydrogen) atoms. The molecular formula is C13H16N4O2S. The van der Waals surface area contributed by atoms with Gasteiger partial charge in [-0.2, -0.15) is 5.10 Å². The fourth-order valence-corrected chi connectivity index (χ4v) is 2.53. The summed E-state index contributed by atoms with van der Waals surface area (Å²) in [4.78, 5) is 24.1. The van der Waals surface area contributed by atoms with Crippen LogP contribution in [-0.4, -0.2) is 22.3 Å². The van der Waals surface area contributed by atoms with E-state index in [0.29, 0.717) is 12.0 Å². The SMILES string of the molecule is Cc1ccsc1/C=N\NC(=O)CCc1c(C)[nH][nH]c1=O. The average molecular weight is 292 g/mol. The molecule has 0 fully saturated rings. The van der Waals surface area contributed by atoms with Crippen molar-refractivity contribution in [3.05, 3.63) is 43.5 Å². The molecule has 3 N–H and O–H groups in total. The van der Waals surface area contributed by atoms with Crippen LogP contribution in [0.4, 0.5) is 0 Å². The lowest BCUT2D eigenvalue weighted by atomic mass is 10.1. The molecule has 0 spiro atoms. The second-order valence-electron chi connectivity index (χ2n) is 4.44. The van der Waals surface area contributed by atoms with Crippen LogP contribution in [0.1, 0.15) is 28.1 Å². The summed E-state index contributed by atoms with van der Waals surface area (Å²) in [6, 6.07) is 1.99. The van der Waals surface area contributed by atoms with Gasteiger partial charge in [0.2, 0.25) is 5.91 Å². The van der Waals surface area contributed by atoms with E-state index in [-0.39, 0.29) is 17.9 Å². The highest BCUT2D eigenvalue weighted by Gasteiger charge is 2.08. The van der Waals surface area contributed by atoms with Crippen molar-refractivity contribution < 1.29 is 4.79 Å². The number of aryl methyl sites for hydroxylation is 2. The van der Waals surface area contributed by atoms with Gasteiger partial charge < -0.3 is 5.10 Å². The van der Waals surface area contributed by atoms with Crippen LogP contribution in [0, 0.1) is 13.8 Å². The molecule has 0 saturated carbocycles. The maximum Gasteiger partial charge on any atom is 0.267 e. The normalized spacial score (nSPS) is 11.1. The maximum atomic E-state index is 11.6. The van der Waals surface area contributed by atoms with E-state index in [1.807, 2.05) is 18.4 Å². The fraction of sp³-hybridized carbons (Fsp3) is 0.308. The summed E-state index contributed by atoms with van der Waals surface area (Å²) < 4.78 is 0. The van der Waals surface area contributed by atoms with Gasteiger partial charge in [0.25, 0.3) is 5.56 Å². The van der Waals surface area contributed by atoms with Gasteiger partial charge in [-0.05, 0) is 37.3 Å². The first-order valence-electron chi connectivity index (χ1n) is 6.20. The molecule has 2 aromatic rings. The van der Waals surface area contributed by atoms with Crippen LogP contribution in [0.2, 0.25) is 0 Å². The van der Waals surface area contributed by atoms with Gasteiger partial charge in [-0.1, -0.05) is 0 Å². The minimum atomic E-state index is -0.213. The van der Waals surface area contributed by atoms with Crippen LogP contribution >= 0.6 is 11.3 Å². The van der Waals surface area contributed by atoms with Gasteiger partial charge in [0.1, 0.15) is 0 Å². The van der Waals surface area contributed by atoms with Crippen molar-refractivity contribution in [2.45, 2.75) is 26.7 Å². The number of aromatic amines is 2. The molecule has 0 aliphatic carbocycles. The van der Waals surface area contributed by atoms with Gasteiger partial charge in [-0.3, -0.25) is 14.7 Å². The summed E-state index contributed by atoms with van der Waals surface area (Å²) in [6.07, 6.45) is 2.25. The molecular weight excluding hydrogens is 276 g/mol. The smallest absolute Gasteiger partial charge is 0.267 e. The lowest BCUT2D eigenvalue weighted by molar-refractivity contribution is -0.121. The Morgan fingerprint density at radius 1 is 1.45 bits per heavy atom. The lowest BCUT2D eigenvalue weighted by Gasteiger charge is -1.98. The van der Waals surface area contributed by atoms with Crippen LogP contribution in [0.15, 0.2) is 21.3 Å². The molecule has 6 nitrogen and oxygen atoms in total. The molecule has 0 radical (unpaired) electrons.